The van der Waals surface area contributed by atoms with Crippen LogP contribution in [0.25, 0.3) is 0 Å². The molecule has 1 unspecified atom stereocenters. The minimum atomic E-state index is 0.166. The van der Waals surface area contributed by atoms with Crippen molar-refractivity contribution in [1.82, 2.24) is 9.80 Å². The first-order valence-electron chi connectivity index (χ1n) is 8.11. The molecular formula is C15H29N3O2. The summed E-state index contributed by atoms with van der Waals surface area (Å²) in [7, 11) is 0. The average Bonchev–Trinajstić information content (AvgIpc) is 2.49. The van der Waals surface area contributed by atoms with Gasteiger partial charge in [-0.3, -0.25) is 9.69 Å². The Morgan fingerprint density at radius 1 is 1.15 bits per heavy atom. The van der Waals surface area contributed by atoms with Crippen molar-refractivity contribution >= 4 is 5.91 Å². The number of nitrogens with zero attached hydrogens (tertiary/aromatic N) is 2. The molecule has 5 heteroatoms. The number of hydrogen-bond acceptors (Lipinski definition) is 4. The number of carbonyl (C=O) groups is 1. The summed E-state index contributed by atoms with van der Waals surface area (Å²) in [6, 6.07) is 0. The number of amides is 1. The van der Waals surface area contributed by atoms with Gasteiger partial charge in [0.2, 0.25) is 5.91 Å². The Morgan fingerprint density at radius 3 is 2.60 bits per heavy atom. The van der Waals surface area contributed by atoms with Gasteiger partial charge in [0.05, 0.1) is 12.5 Å². The van der Waals surface area contributed by atoms with Crippen LogP contribution < -0.4 is 5.73 Å². The van der Waals surface area contributed by atoms with Gasteiger partial charge in [-0.15, -0.1) is 0 Å². The quantitative estimate of drug-likeness (QED) is 0.734. The molecule has 2 aliphatic heterocycles. The molecule has 20 heavy (non-hydrogen) atoms. The van der Waals surface area contributed by atoms with Gasteiger partial charge < -0.3 is 15.4 Å². The van der Waals surface area contributed by atoms with E-state index in [1.807, 2.05) is 4.90 Å². The summed E-state index contributed by atoms with van der Waals surface area (Å²) in [5, 5.41) is 0. The van der Waals surface area contributed by atoms with Gasteiger partial charge in [-0.1, -0.05) is 0 Å². The van der Waals surface area contributed by atoms with Gasteiger partial charge in [-0.05, 0) is 45.2 Å². The van der Waals surface area contributed by atoms with Gasteiger partial charge in [0, 0.05) is 32.8 Å². The van der Waals surface area contributed by atoms with Gasteiger partial charge in [-0.2, -0.15) is 0 Å². The molecule has 116 valence electrons. The first kappa shape index (κ1) is 15.7. The van der Waals surface area contributed by atoms with E-state index in [9.17, 15) is 4.79 Å². The van der Waals surface area contributed by atoms with E-state index in [1.165, 1.54) is 12.8 Å². The highest BCUT2D eigenvalue weighted by Crippen LogP contribution is 2.17. The number of hydrogen-bond donors (Lipinski definition) is 1. The van der Waals surface area contributed by atoms with Crippen molar-refractivity contribution in [2.45, 2.75) is 44.6 Å². The third-order valence-electron chi connectivity index (χ3n) is 4.33. The maximum atomic E-state index is 12.2. The number of piperazine rings is 1. The molecule has 0 saturated carbocycles. The molecule has 2 heterocycles. The van der Waals surface area contributed by atoms with Crippen molar-refractivity contribution in [2.24, 2.45) is 5.73 Å². The van der Waals surface area contributed by atoms with Crippen molar-refractivity contribution in [2.75, 3.05) is 45.9 Å². The number of ether oxygens (including phenoxy) is 1. The van der Waals surface area contributed by atoms with E-state index in [0.717, 1.165) is 65.1 Å². The second-order valence-corrected chi connectivity index (χ2v) is 5.91. The summed E-state index contributed by atoms with van der Waals surface area (Å²) in [6.45, 7) is 6.46. The van der Waals surface area contributed by atoms with Crippen LogP contribution in [-0.2, 0) is 9.53 Å². The van der Waals surface area contributed by atoms with Gasteiger partial charge in [-0.25, -0.2) is 0 Å². The Morgan fingerprint density at radius 2 is 1.95 bits per heavy atom. The maximum absolute atomic E-state index is 12.2. The van der Waals surface area contributed by atoms with Crippen LogP contribution in [0.15, 0.2) is 0 Å². The van der Waals surface area contributed by atoms with Crippen LogP contribution in [-0.4, -0.2) is 67.7 Å². The molecule has 0 aromatic heterocycles. The summed E-state index contributed by atoms with van der Waals surface area (Å²) in [4.78, 5) is 16.7. The van der Waals surface area contributed by atoms with Crippen molar-refractivity contribution in [3.8, 4) is 0 Å². The van der Waals surface area contributed by atoms with Crippen LogP contribution >= 0.6 is 0 Å². The van der Waals surface area contributed by atoms with E-state index in [2.05, 4.69) is 4.90 Å². The molecule has 0 aliphatic carbocycles. The standard InChI is InChI=1S/C15H29N3O2/c16-6-2-3-7-17-8-10-18(11-9-17)15(19)13-14-5-1-4-12-20-14/h14H,1-13,16H2. The summed E-state index contributed by atoms with van der Waals surface area (Å²) in [6.07, 6.45) is 6.40. The summed E-state index contributed by atoms with van der Waals surface area (Å²) >= 11 is 0. The van der Waals surface area contributed by atoms with Crippen molar-refractivity contribution in [3.05, 3.63) is 0 Å². The summed E-state index contributed by atoms with van der Waals surface area (Å²) in [5.74, 6) is 0.276. The molecule has 5 nitrogen and oxygen atoms in total. The number of carbonyl (C=O) groups excluding carboxylic acids is 1. The van der Waals surface area contributed by atoms with Crippen LogP contribution in [0.3, 0.4) is 0 Å². The monoisotopic (exact) mass is 283 g/mol. The molecule has 0 radical (unpaired) electrons. The summed E-state index contributed by atoms with van der Waals surface area (Å²) in [5.41, 5.74) is 5.51. The van der Waals surface area contributed by atoms with Crippen LogP contribution in [0, 0.1) is 0 Å². The predicted molar refractivity (Wildman–Crippen MR) is 79.5 cm³/mol. The average molecular weight is 283 g/mol. The molecule has 0 spiro atoms. The highest BCUT2D eigenvalue weighted by Gasteiger charge is 2.24. The lowest BCUT2D eigenvalue weighted by Crippen LogP contribution is -2.49. The van der Waals surface area contributed by atoms with Gasteiger partial charge in [0.25, 0.3) is 0 Å². The Bertz CT molecular complexity index is 285. The lowest BCUT2D eigenvalue weighted by atomic mass is 10.1. The smallest absolute Gasteiger partial charge is 0.225 e. The van der Waals surface area contributed by atoms with E-state index >= 15 is 0 Å². The molecular weight excluding hydrogens is 254 g/mol. The Hall–Kier alpha value is -0.650. The first-order valence-corrected chi connectivity index (χ1v) is 8.11. The molecule has 1 atom stereocenters. The highest BCUT2D eigenvalue weighted by atomic mass is 16.5. The van der Waals surface area contributed by atoms with E-state index in [1.54, 1.807) is 0 Å². The molecule has 2 saturated heterocycles. The van der Waals surface area contributed by atoms with Crippen LogP contribution in [0.5, 0.6) is 0 Å². The molecule has 2 fully saturated rings. The zero-order valence-corrected chi connectivity index (χ0v) is 12.6. The van der Waals surface area contributed by atoms with Crippen LogP contribution in [0.1, 0.15) is 38.5 Å². The van der Waals surface area contributed by atoms with Gasteiger partial charge in [0.1, 0.15) is 0 Å². The Labute approximate surface area is 122 Å². The molecule has 0 aromatic rings. The molecule has 0 bridgehead atoms. The summed E-state index contributed by atoms with van der Waals surface area (Å²) < 4.78 is 5.66. The molecule has 2 aliphatic rings. The molecule has 1 amide bonds. The number of nitrogens with two attached hydrogens (primary N) is 1. The van der Waals surface area contributed by atoms with Crippen molar-refractivity contribution < 1.29 is 9.53 Å². The predicted octanol–water partition coefficient (Wildman–Crippen LogP) is 0.829. The Kier molecular flexibility index (Phi) is 6.76. The van der Waals surface area contributed by atoms with Gasteiger partial charge >= 0.3 is 0 Å². The van der Waals surface area contributed by atoms with E-state index < -0.39 is 0 Å². The Balaban J connectivity index is 1.63. The normalized spacial score (nSPS) is 24.9. The third kappa shape index (κ3) is 5.04. The van der Waals surface area contributed by atoms with Crippen LogP contribution in [0.2, 0.25) is 0 Å². The number of unbranched alkanes of at least 4 members (excludes halogenated alkanes) is 1. The fraction of sp³-hybridized carbons (Fsp3) is 0.933. The third-order valence-corrected chi connectivity index (χ3v) is 4.33. The van der Waals surface area contributed by atoms with Gasteiger partial charge in [0.15, 0.2) is 0 Å². The number of rotatable bonds is 6. The topological polar surface area (TPSA) is 58.8 Å². The molecule has 2 rings (SSSR count). The SMILES string of the molecule is NCCCCN1CCN(C(=O)CC2CCCCO2)CC1. The van der Waals surface area contributed by atoms with E-state index in [-0.39, 0.29) is 12.0 Å². The zero-order chi connectivity index (χ0) is 14.2. The largest absolute Gasteiger partial charge is 0.378 e. The molecule has 0 aromatic carbocycles. The van der Waals surface area contributed by atoms with Crippen molar-refractivity contribution in [3.63, 3.8) is 0 Å². The van der Waals surface area contributed by atoms with Crippen LogP contribution in [0.4, 0.5) is 0 Å². The molecule has 2 N–H and O–H groups in total. The first-order chi connectivity index (χ1) is 9.79. The van der Waals surface area contributed by atoms with E-state index in [0.29, 0.717) is 6.42 Å². The maximum Gasteiger partial charge on any atom is 0.225 e. The fourth-order valence-corrected chi connectivity index (χ4v) is 2.99. The minimum Gasteiger partial charge on any atom is -0.378 e. The zero-order valence-electron chi connectivity index (χ0n) is 12.6. The minimum absolute atomic E-state index is 0.166. The second kappa shape index (κ2) is 8.60. The second-order valence-electron chi connectivity index (χ2n) is 5.91. The fourth-order valence-electron chi connectivity index (χ4n) is 2.99. The van der Waals surface area contributed by atoms with Crippen molar-refractivity contribution in [1.29, 1.82) is 0 Å². The highest BCUT2D eigenvalue weighted by molar-refractivity contribution is 5.76. The lowest BCUT2D eigenvalue weighted by Gasteiger charge is -2.35. The van der Waals surface area contributed by atoms with E-state index in [4.69, 9.17) is 10.5 Å². The lowest BCUT2D eigenvalue weighted by molar-refractivity contribution is -0.136.